The fourth-order valence-electron chi connectivity index (χ4n) is 2.55. The van der Waals surface area contributed by atoms with Gasteiger partial charge in [-0.3, -0.25) is 9.59 Å². The zero-order valence-electron chi connectivity index (χ0n) is 12.9. The topological polar surface area (TPSA) is 58.6 Å². The van der Waals surface area contributed by atoms with Crippen molar-refractivity contribution in [1.82, 2.24) is 10.2 Å². The third kappa shape index (κ3) is 4.10. The van der Waals surface area contributed by atoms with Crippen LogP contribution in [0.1, 0.15) is 12.0 Å². The summed E-state index contributed by atoms with van der Waals surface area (Å²) in [5, 5.41) is 2.91. The van der Waals surface area contributed by atoms with E-state index >= 15 is 0 Å². The van der Waals surface area contributed by atoms with E-state index in [2.05, 4.69) is 11.9 Å². The Kier molecular flexibility index (Phi) is 5.58. The van der Waals surface area contributed by atoms with Crippen molar-refractivity contribution < 1.29 is 14.3 Å². The van der Waals surface area contributed by atoms with Crippen LogP contribution >= 0.6 is 0 Å². The first-order valence-corrected chi connectivity index (χ1v) is 7.43. The van der Waals surface area contributed by atoms with Crippen LogP contribution in [-0.4, -0.2) is 43.5 Å². The second kappa shape index (κ2) is 7.64. The van der Waals surface area contributed by atoms with Crippen molar-refractivity contribution in [3.63, 3.8) is 0 Å². The van der Waals surface area contributed by atoms with Crippen LogP contribution in [0.3, 0.4) is 0 Å². The van der Waals surface area contributed by atoms with Crippen LogP contribution in [0.15, 0.2) is 36.9 Å². The van der Waals surface area contributed by atoms with Crippen molar-refractivity contribution in [1.29, 1.82) is 0 Å². The average molecular weight is 302 g/mol. The molecule has 0 aromatic heterocycles. The largest absolute Gasteiger partial charge is 0.497 e. The summed E-state index contributed by atoms with van der Waals surface area (Å²) in [6.45, 7) is 5.18. The molecule has 2 rings (SSSR count). The summed E-state index contributed by atoms with van der Waals surface area (Å²) in [5.41, 5.74) is 1.14. The minimum absolute atomic E-state index is 0.0233. The number of amides is 2. The molecule has 118 valence electrons. The van der Waals surface area contributed by atoms with Crippen molar-refractivity contribution in [3.8, 4) is 5.75 Å². The molecule has 1 aromatic rings. The van der Waals surface area contributed by atoms with Gasteiger partial charge in [-0.15, -0.1) is 6.58 Å². The lowest BCUT2D eigenvalue weighted by atomic mass is 10.1. The summed E-state index contributed by atoms with van der Waals surface area (Å²) in [7, 11) is 1.63. The van der Waals surface area contributed by atoms with Gasteiger partial charge in [0.15, 0.2) is 0 Å². The van der Waals surface area contributed by atoms with Gasteiger partial charge in [0.1, 0.15) is 5.75 Å². The fourth-order valence-corrected chi connectivity index (χ4v) is 2.55. The van der Waals surface area contributed by atoms with Crippen molar-refractivity contribution >= 4 is 11.8 Å². The molecule has 1 atom stereocenters. The van der Waals surface area contributed by atoms with Gasteiger partial charge in [0, 0.05) is 26.1 Å². The highest BCUT2D eigenvalue weighted by Crippen LogP contribution is 2.17. The van der Waals surface area contributed by atoms with Gasteiger partial charge in [-0.05, 0) is 24.1 Å². The molecule has 0 radical (unpaired) electrons. The highest BCUT2D eigenvalue weighted by atomic mass is 16.5. The van der Waals surface area contributed by atoms with Gasteiger partial charge in [-0.2, -0.15) is 0 Å². The minimum atomic E-state index is -0.247. The summed E-state index contributed by atoms with van der Waals surface area (Å²) in [5.74, 6) is 0.548. The Hall–Kier alpha value is -2.30. The second-order valence-corrected chi connectivity index (χ2v) is 5.38. The van der Waals surface area contributed by atoms with Gasteiger partial charge in [-0.1, -0.05) is 18.2 Å². The van der Waals surface area contributed by atoms with Crippen LogP contribution in [-0.2, 0) is 16.0 Å². The van der Waals surface area contributed by atoms with Crippen LogP contribution in [0.5, 0.6) is 5.75 Å². The number of carbonyl (C=O) groups is 2. The number of rotatable bonds is 7. The monoisotopic (exact) mass is 302 g/mol. The summed E-state index contributed by atoms with van der Waals surface area (Å²) in [6, 6.07) is 7.77. The number of methoxy groups -OCH3 is 1. The standard InChI is InChI=1S/C17H22N2O3/c1-3-10-19-12-14(11-16(19)20)17(21)18-9-8-13-4-6-15(22-2)7-5-13/h3-7,14H,1,8-12H2,2H3,(H,18,21). The van der Waals surface area contributed by atoms with Crippen LogP contribution in [0, 0.1) is 5.92 Å². The minimum Gasteiger partial charge on any atom is -0.497 e. The van der Waals surface area contributed by atoms with Crippen LogP contribution in [0.2, 0.25) is 0 Å². The number of benzene rings is 1. The van der Waals surface area contributed by atoms with Gasteiger partial charge < -0.3 is 15.0 Å². The van der Waals surface area contributed by atoms with Gasteiger partial charge >= 0.3 is 0 Å². The quantitative estimate of drug-likeness (QED) is 0.774. The Bertz CT molecular complexity index is 539. The zero-order valence-corrected chi connectivity index (χ0v) is 12.9. The number of hydrogen-bond donors (Lipinski definition) is 1. The zero-order chi connectivity index (χ0) is 15.9. The first-order chi connectivity index (χ1) is 10.6. The molecule has 1 heterocycles. The highest BCUT2D eigenvalue weighted by Gasteiger charge is 2.33. The molecular formula is C17H22N2O3. The third-order valence-electron chi connectivity index (χ3n) is 3.81. The molecule has 5 nitrogen and oxygen atoms in total. The number of nitrogens with one attached hydrogen (secondary N) is 1. The molecule has 0 spiro atoms. The van der Waals surface area contributed by atoms with Crippen LogP contribution < -0.4 is 10.1 Å². The lowest BCUT2D eigenvalue weighted by Gasteiger charge is -2.14. The molecule has 2 amide bonds. The lowest BCUT2D eigenvalue weighted by Crippen LogP contribution is -2.34. The normalized spacial score (nSPS) is 17.4. The lowest BCUT2D eigenvalue weighted by molar-refractivity contribution is -0.128. The van der Waals surface area contributed by atoms with E-state index in [1.165, 1.54) is 0 Å². The van der Waals surface area contributed by atoms with Crippen molar-refractivity contribution in [2.24, 2.45) is 5.92 Å². The van der Waals surface area contributed by atoms with Gasteiger partial charge in [0.25, 0.3) is 0 Å². The highest BCUT2D eigenvalue weighted by molar-refractivity contribution is 5.89. The first kappa shape index (κ1) is 16.1. The number of hydrogen-bond acceptors (Lipinski definition) is 3. The summed E-state index contributed by atoms with van der Waals surface area (Å²) in [6.07, 6.45) is 2.73. The van der Waals surface area contributed by atoms with Crippen molar-refractivity contribution in [3.05, 3.63) is 42.5 Å². The van der Waals surface area contributed by atoms with E-state index in [1.807, 2.05) is 24.3 Å². The molecule has 1 aliphatic rings. The smallest absolute Gasteiger partial charge is 0.225 e. The van der Waals surface area contributed by atoms with Crippen molar-refractivity contribution in [2.45, 2.75) is 12.8 Å². The molecule has 0 aliphatic carbocycles. The maximum absolute atomic E-state index is 12.1. The summed E-state index contributed by atoms with van der Waals surface area (Å²) < 4.78 is 5.11. The maximum atomic E-state index is 12.1. The average Bonchev–Trinajstić information content (AvgIpc) is 2.89. The van der Waals surface area contributed by atoms with E-state index in [0.29, 0.717) is 26.1 Å². The van der Waals surface area contributed by atoms with E-state index in [9.17, 15) is 9.59 Å². The molecule has 1 aromatic carbocycles. The Labute approximate surface area is 130 Å². The molecule has 1 fully saturated rings. The van der Waals surface area contributed by atoms with Crippen LogP contribution in [0.25, 0.3) is 0 Å². The Balaban J connectivity index is 1.75. The van der Waals surface area contributed by atoms with E-state index in [4.69, 9.17) is 4.74 Å². The Morgan fingerprint density at radius 3 is 2.82 bits per heavy atom. The van der Waals surface area contributed by atoms with Crippen LogP contribution in [0.4, 0.5) is 0 Å². The van der Waals surface area contributed by atoms with Gasteiger partial charge in [0.2, 0.25) is 11.8 Å². The number of likely N-dealkylation sites (tertiary alicyclic amines) is 1. The van der Waals surface area contributed by atoms with Gasteiger partial charge in [-0.25, -0.2) is 0 Å². The third-order valence-corrected chi connectivity index (χ3v) is 3.81. The molecule has 1 N–H and O–H groups in total. The number of ether oxygens (including phenoxy) is 1. The first-order valence-electron chi connectivity index (χ1n) is 7.43. The SMILES string of the molecule is C=CCN1CC(C(=O)NCCc2ccc(OC)cc2)CC1=O. The van der Waals surface area contributed by atoms with E-state index in [1.54, 1.807) is 18.1 Å². The molecule has 22 heavy (non-hydrogen) atoms. The summed E-state index contributed by atoms with van der Waals surface area (Å²) >= 11 is 0. The molecular weight excluding hydrogens is 280 g/mol. The van der Waals surface area contributed by atoms with E-state index < -0.39 is 0 Å². The molecule has 1 aliphatic heterocycles. The summed E-state index contributed by atoms with van der Waals surface area (Å²) in [4.78, 5) is 25.5. The Morgan fingerprint density at radius 1 is 1.45 bits per heavy atom. The Morgan fingerprint density at radius 2 is 2.18 bits per heavy atom. The maximum Gasteiger partial charge on any atom is 0.225 e. The molecule has 1 unspecified atom stereocenters. The van der Waals surface area contributed by atoms with E-state index in [0.717, 1.165) is 17.7 Å². The predicted molar refractivity (Wildman–Crippen MR) is 84.6 cm³/mol. The molecule has 0 saturated carbocycles. The van der Waals surface area contributed by atoms with Crippen molar-refractivity contribution in [2.75, 3.05) is 26.7 Å². The van der Waals surface area contributed by atoms with Gasteiger partial charge in [0.05, 0.1) is 13.0 Å². The second-order valence-electron chi connectivity index (χ2n) is 5.38. The molecule has 5 heteroatoms. The molecule has 0 bridgehead atoms. The fraction of sp³-hybridized carbons (Fsp3) is 0.412. The number of nitrogens with zero attached hydrogens (tertiary/aromatic N) is 1. The molecule has 1 saturated heterocycles. The number of carbonyl (C=O) groups excluding carboxylic acids is 2. The van der Waals surface area contributed by atoms with E-state index in [-0.39, 0.29) is 17.7 Å². The predicted octanol–water partition coefficient (Wildman–Crippen LogP) is 1.39.